The molecule has 0 saturated heterocycles. The molecule has 0 atom stereocenters. The zero-order valence-corrected chi connectivity index (χ0v) is 7.62. The molecule has 0 radical (unpaired) electrons. The van der Waals surface area contributed by atoms with Crippen LogP contribution in [0.25, 0.3) is 0 Å². The van der Waals surface area contributed by atoms with Gasteiger partial charge in [0.2, 0.25) is 0 Å². The normalized spacial score (nSPS) is 10.9. The van der Waals surface area contributed by atoms with Gasteiger partial charge in [-0.2, -0.15) is 10.4 Å². The molecule has 0 unspecified atom stereocenters. The maximum atomic E-state index is 8.62. The van der Waals surface area contributed by atoms with Crippen molar-refractivity contribution < 1.29 is 0 Å². The van der Waals surface area contributed by atoms with E-state index in [1.165, 1.54) is 0 Å². The van der Waals surface area contributed by atoms with E-state index in [0.717, 1.165) is 5.56 Å². The standard InChI is InChI=1S/C9H8ClN3/c10-9(13-12)5-7-2-1-3-8(4-7)6-11/h1-4H,5,12H2. The van der Waals surface area contributed by atoms with Crippen molar-refractivity contribution >= 4 is 16.8 Å². The summed E-state index contributed by atoms with van der Waals surface area (Å²) in [6.45, 7) is 0. The van der Waals surface area contributed by atoms with Crippen LogP contribution in [0, 0.1) is 11.3 Å². The molecule has 0 spiro atoms. The molecule has 1 aromatic rings. The fraction of sp³-hybridized carbons (Fsp3) is 0.111. The van der Waals surface area contributed by atoms with E-state index in [-0.39, 0.29) is 0 Å². The van der Waals surface area contributed by atoms with Gasteiger partial charge in [-0.25, -0.2) is 0 Å². The summed E-state index contributed by atoms with van der Waals surface area (Å²) in [5.74, 6) is 4.98. The Morgan fingerprint density at radius 1 is 1.62 bits per heavy atom. The summed E-state index contributed by atoms with van der Waals surface area (Å²) in [6.07, 6.45) is 0.466. The Hall–Kier alpha value is -1.53. The molecule has 0 heterocycles. The van der Waals surface area contributed by atoms with Crippen molar-refractivity contribution in [3.63, 3.8) is 0 Å². The number of nitrogens with zero attached hydrogens (tertiary/aromatic N) is 2. The summed E-state index contributed by atoms with van der Waals surface area (Å²) in [7, 11) is 0. The number of hydrogen-bond donors (Lipinski definition) is 1. The average molecular weight is 194 g/mol. The lowest BCUT2D eigenvalue weighted by Crippen LogP contribution is -1.98. The van der Waals surface area contributed by atoms with E-state index in [4.69, 9.17) is 22.7 Å². The first-order valence-corrected chi connectivity index (χ1v) is 4.05. The average Bonchev–Trinajstić information content (AvgIpc) is 2.18. The largest absolute Gasteiger partial charge is 0.322 e. The van der Waals surface area contributed by atoms with E-state index < -0.39 is 0 Å². The van der Waals surface area contributed by atoms with Crippen molar-refractivity contribution in [1.29, 1.82) is 5.26 Å². The molecule has 0 aromatic heterocycles. The summed E-state index contributed by atoms with van der Waals surface area (Å²) in [5.41, 5.74) is 1.54. The van der Waals surface area contributed by atoms with Crippen LogP contribution < -0.4 is 5.84 Å². The van der Waals surface area contributed by atoms with Gasteiger partial charge in [0.25, 0.3) is 0 Å². The zero-order valence-electron chi connectivity index (χ0n) is 6.87. The molecular formula is C9H8ClN3. The van der Waals surface area contributed by atoms with Gasteiger partial charge in [-0.15, -0.1) is 0 Å². The predicted octanol–water partition coefficient (Wildman–Crippen LogP) is 1.61. The third kappa shape index (κ3) is 2.77. The molecule has 0 aliphatic rings. The van der Waals surface area contributed by atoms with Crippen LogP contribution >= 0.6 is 11.6 Å². The fourth-order valence-corrected chi connectivity index (χ4v) is 1.12. The van der Waals surface area contributed by atoms with E-state index in [1.54, 1.807) is 18.2 Å². The van der Waals surface area contributed by atoms with Gasteiger partial charge in [-0.1, -0.05) is 23.7 Å². The van der Waals surface area contributed by atoms with Crippen molar-refractivity contribution in [2.24, 2.45) is 10.9 Å². The third-order valence-corrected chi connectivity index (χ3v) is 1.78. The lowest BCUT2D eigenvalue weighted by atomic mass is 10.1. The van der Waals surface area contributed by atoms with Gasteiger partial charge in [0.1, 0.15) is 5.17 Å². The molecule has 4 heteroatoms. The van der Waals surface area contributed by atoms with E-state index in [2.05, 4.69) is 5.10 Å². The maximum absolute atomic E-state index is 8.62. The highest BCUT2D eigenvalue weighted by Crippen LogP contribution is 2.06. The van der Waals surface area contributed by atoms with Crippen LogP contribution in [0.1, 0.15) is 11.1 Å². The minimum absolute atomic E-state index is 0.329. The molecule has 0 saturated carbocycles. The highest BCUT2D eigenvalue weighted by atomic mass is 35.5. The second-order valence-electron chi connectivity index (χ2n) is 2.49. The second kappa shape index (κ2) is 4.48. The van der Waals surface area contributed by atoms with Gasteiger partial charge in [0.05, 0.1) is 11.6 Å². The van der Waals surface area contributed by atoms with Gasteiger partial charge in [-0.05, 0) is 17.7 Å². The van der Waals surface area contributed by atoms with Crippen molar-refractivity contribution in [2.75, 3.05) is 0 Å². The van der Waals surface area contributed by atoms with Crippen LogP contribution in [0.4, 0.5) is 0 Å². The molecule has 0 fully saturated rings. The monoisotopic (exact) mass is 193 g/mol. The Kier molecular flexibility index (Phi) is 3.30. The van der Waals surface area contributed by atoms with Crippen molar-refractivity contribution in [2.45, 2.75) is 6.42 Å². The zero-order chi connectivity index (χ0) is 9.68. The Morgan fingerprint density at radius 3 is 3.00 bits per heavy atom. The minimum Gasteiger partial charge on any atom is -0.322 e. The van der Waals surface area contributed by atoms with Crippen molar-refractivity contribution in [3.05, 3.63) is 35.4 Å². The summed E-state index contributed by atoms with van der Waals surface area (Å²) < 4.78 is 0. The van der Waals surface area contributed by atoms with Crippen LogP contribution in [0.15, 0.2) is 29.4 Å². The van der Waals surface area contributed by atoms with Crippen molar-refractivity contribution in [1.82, 2.24) is 0 Å². The first-order chi connectivity index (χ1) is 6.26. The van der Waals surface area contributed by atoms with Gasteiger partial charge in [0, 0.05) is 6.42 Å². The van der Waals surface area contributed by atoms with Crippen LogP contribution in [0.3, 0.4) is 0 Å². The van der Waals surface area contributed by atoms with Crippen LogP contribution in [-0.4, -0.2) is 5.17 Å². The van der Waals surface area contributed by atoms with Crippen LogP contribution in [0.2, 0.25) is 0 Å². The topological polar surface area (TPSA) is 62.2 Å². The summed E-state index contributed by atoms with van der Waals surface area (Å²) in [6, 6.07) is 9.20. The Balaban J connectivity index is 2.85. The van der Waals surface area contributed by atoms with E-state index in [9.17, 15) is 0 Å². The number of rotatable bonds is 2. The highest BCUT2D eigenvalue weighted by Gasteiger charge is 1.98. The van der Waals surface area contributed by atoms with Gasteiger partial charge in [0.15, 0.2) is 0 Å². The van der Waals surface area contributed by atoms with Gasteiger partial charge < -0.3 is 5.84 Å². The Bertz CT molecular complexity index is 365. The smallest absolute Gasteiger partial charge is 0.130 e. The first-order valence-electron chi connectivity index (χ1n) is 3.67. The number of nitrogens with two attached hydrogens (primary N) is 1. The highest BCUT2D eigenvalue weighted by molar-refractivity contribution is 6.65. The summed E-state index contributed by atoms with van der Waals surface area (Å²) >= 11 is 5.64. The molecule has 0 aliphatic heterocycles. The lowest BCUT2D eigenvalue weighted by molar-refractivity contribution is 1.21. The molecule has 1 rings (SSSR count). The molecule has 3 nitrogen and oxygen atoms in total. The lowest BCUT2D eigenvalue weighted by Gasteiger charge is -1.98. The van der Waals surface area contributed by atoms with Crippen LogP contribution in [-0.2, 0) is 6.42 Å². The molecular weight excluding hydrogens is 186 g/mol. The number of halogens is 1. The Labute approximate surface area is 81.4 Å². The number of hydrogen-bond acceptors (Lipinski definition) is 3. The molecule has 0 aliphatic carbocycles. The molecule has 0 amide bonds. The fourth-order valence-electron chi connectivity index (χ4n) is 0.965. The molecule has 66 valence electrons. The maximum Gasteiger partial charge on any atom is 0.130 e. The molecule has 1 aromatic carbocycles. The van der Waals surface area contributed by atoms with E-state index in [0.29, 0.717) is 17.2 Å². The van der Waals surface area contributed by atoms with E-state index >= 15 is 0 Å². The van der Waals surface area contributed by atoms with Gasteiger partial charge >= 0.3 is 0 Å². The molecule has 13 heavy (non-hydrogen) atoms. The molecule has 0 bridgehead atoms. The minimum atomic E-state index is 0.329. The predicted molar refractivity (Wildman–Crippen MR) is 52.3 cm³/mol. The van der Waals surface area contributed by atoms with Gasteiger partial charge in [-0.3, -0.25) is 0 Å². The summed E-state index contributed by atoms with van der Waals surface area (Å²) in [4.78, 5) is 0. The summed E-state index contributed by atoms with van der Waals surface area (Å²) in [5, 5.41) is 12.3. The van der Waals surface area contributed by atoms with Crippen molar-refractivity contribution in [3.8, 4) is 6.07 Å². The number of hydrazone groups is 1. The van der Waals surface area contributed by atoms with E-state index in [1.807, 2.05) is 12.1 Å². The number of benzene rings is 1. The second-order valence-corrected chi connectivity index (χ2v) is 2.93. The third-order valence-electron chi connectivity index (χ3n) is 1.55. The Morgan fingerprint density at radius 2 is 2.38 bits per heavy atom. The van der Waals surface area contributed by atoms with Crippen LogP contribution in [0.5, 0.6) is 0 Å². The first kappa shape index (κ1) is 9.56. The SMILES string of the molecule is N#Cc1cccc(CC(Cl)=NN)c1. The quantitative estimate of drug-likeness (QED) is 0.441. The molecule has 2 N–H and O–H groups in total. The number of nitriles is 1.